The number of hydrogen-bond donors (Lipinski definition) is 1. The van der Waals surface area contributed by atoms with Gasteiger partial charge in [-0.05, 0) is 90.0 Å². The van der Waals surface area contributed by atoms with Crippen LogP contribution in [-0.4, -0.2) is 34.6 Å². The van der Waals surface area contributed by atoms with E-state index in [4.69, 9.17) is 0 Å². The molecule has 0 spiro atoms. The maximum Gasteiger partial charge on any atom is 0.222 e. The standard InChI is InChI=1S/C30H45NO2/c1-22-12-11-15-23(18-22)13-9-10-16-26-27-20-24(19-25(27)21-28(26)32)14-7-6-8-17-29(33)31(5)30(2,3)4/h10-12,15-16,18-19,25-28,32H,6-9,13-14,17,20-21H2,1-5H3/t25-,26+,27-,28+/m0/s1. The lowest BCUT2D eigenvalue weighted by Gasteiger charge is -2.32. The minimum Gasteiger partial charge on any atom is -0.392 e. The van der Waals surface area contributed by atoms with Crippen molar-refractivity contribution in [2.24, 2.45) is 17.8 Å². The fourth-order valence-corrected chi connectivity index (χ4v) is 5.51. The Kier molecular flexibility index (Phi) is 8.98. The molecule has 182 valence electrons. The number of aliphatic hydroxyl groups is 1. The van der Waals surface area contributed by atoms with E-state index >= 15 is 0 Å². The highest BCUT2D eigenvalue weighted by Gasteiger charge is 2.43. The van der Waals surface area contributed by atoms with Crippen LogP contribution in [0.1, 0.15) is 83.3 Å². The summed E-state index contributed by atoms with van der Waals surface area (Å²) >= 11 is 0. The monoisotopic (exact) mass is 451 g/mol. The first-order valence-electron chi connectivity index (χ1n) is 13.0. The maximum atomic E-state index is 12.3. The Morgan fingerprint density at radius 2 is 1.97 bits per heavy atom. The second-order valence-electron chi connectivity index (χ2n) is 11.4. The van der Waals surface area contributed by atoms with E-state index in [0.29, 0.717) is 24.2 Å². The zero-order valence-corrected chi connectivity index (χ0v) is 21.5. The van der Waals surface area contributed by atoms with Crippen molar-refractivity contribution in [2.75, 3.05) is 7.05 Å². The predicted molar refractivity (Wildman–Crippen MR) is 138 cm³/mol. The van der Waals surface area contributed by atoms with Gasteiger partial charge in [0, 0.05) is 24.9 Å². The van der Waals surface area contributed by atoms with E-state index in [1.165, 1.54) is 11.1 Å². The van der Waals surface area contributed by atoms with Crippen LogP contribution in [0.5, 0.6) is 0 Å². The molecule has 0 heterocycles. The van der Waals surface area contributed by atoms with Crippen molar-refractivity contribution in [3.63, 3.8) is 0 Å². The van der Waals surface area contributed by atoms with Gasteiger partial charge in [-0.25, -0.2) is 0 Å². The van der Waals surface area contributed by atoms with Crippen molar-refractivity contribution >= 4 is 5.91 Å². The van der Waals surface area contributed by atoms with E-state index in [1.54, 1.807) is 5.57 Å². The van der Waals surface area contributed by atoms with Crippen LogP contribution in [0.4, 0.5) is 0 Å². The summed E-state index contributed by atoms with van der Waals surface area (Å²) < 4.78 is 0. The molecule has 0 bridgehead atoms. The number of nitrogens with zero attached hydrogens (tertiary/aromatic N) is 1. The molecule has 3 heteroatoms. The molecule has 3 rings (SSSR count). The average Bonchev–Trinajstić information content (AvgIpc) is 3.26. The first kappa shape index (κ1) is 25.7. The molecule has 1 aromatic rings. The summed E-state index contributed by atoms with van der Waals surface area (Å²) in [5.41, 5.74) is 4.19. The fraction of sp³-hybridized carbons (Fsp3) is 0.633. The molecule has 1 amide bonds. The van der Waals surface area contributed by atoms with Gasteiger partial charge in [0.05, 0.1) is 6.10 Å². The summed E-state index contributed by atoms with van der Waals surface area (Å²) in [7, 11) is 1.91. The molecular formula is C30H45NO2. The second kappa shape index (κ2) is 11.5. The molecule has 1 fully saturated rings. The van der Waals surface area contributed by atoms with E-state index in [0.717, 1.165) is 51.4 Å². The Balaban J connectivity index is 1.37. The lowest BCUT2D eigenvalue weighted by atomic mass is 9.88. The molecule has 3 nitrogen and oxygen atoms in total. The first-order chi connectivity index (χ1) is 15.6. The van der Waals surface area contributed by atoms with Crippen molar-refractivity contribution in [3.05, 3.63) is 59.2 Å². The molecule has 2 aliphatic rings. The summed E-state index contributed by atoms with van der Waals surface area (Å²) in [4.78, 5) is 14.2. The van der Waals surface area contributed by atoms with Gasteiger partial charge in [-0.2, -0.15) is 0 Å². The largest absolute Gasteiger partial charge is 0.392 e. The van der Waals surface area contributed by atoms with Crippen LogP contribution in [0, 0.1) is 24.7 Å². The number of aryl methyl sites for hydroxylation is 2. The van der Waals surface area contributed by atoms with E-state index in [1.807, 2.05) is 11.9 Å². The van der Waals surface area contributed by atoms with Crippen molar-refractivity contribution in [3.8, 4) is 0 Å². The minimum absolute atomic E-state index is 0.0976. The molecule has 33 heavy (non-hydrogen) atoms. The SMILES string of the molecule is Cc1cccc(CCC=C[C@@H]2[C@H]3CC(CCCCCC(=O)N(C)C(C)(C)C)=C[C@H]3C[C@H]2O)c1. The molecule has 0 aromatic heterocycles. The first-order valence-corrected chi connectivity index (χ1v) is 13.0. The summed E-state index contributed by atoms with van der Waals surface area (Å²) in [5.74, 6) is 1.67. The zero-order chi connectivity index (χ0) is 24.0. The van der Waals surface area contributed by atoms with Crippen LogP contribution < -0.4 is 0 Å². The van der Waals surface area contributed by atoms with Crippen LogP contribution in [0.3, 0.4) is 0 Å². The Bertz CT molecular complexity index is 847. The third kappa shape index (κ3) is 7.30. The zero-order valence-electron chi connectivity index (χ0n) is 21.5. The number of amides is 1. The normalized spacial score (nSPS) is 24.8. The number of allylic oxidation sites excluding steroid dienone is 3. The van der Waals surface area contributed by atoms with Crippen molar-refractivity contribution in [2.45, 2.75) is 97.1 Å². The van der Waals surface area contributed by atoms with Crippen LogP contribution in [0.15, 0.2) is 48.1 Å². The van der Waals surface area contributed by atoms with E-state index < -0.39 is 0 Å². The summed E-state index contributed by atoms with van der Waals surface area (Å²) in [6.45, 7) is 8.39. The van der Waals surface area contributed by atoms with Crippen LogP contribution in [0.2, 0.25) is 0 Å². The number of unbranched alkanes of at least 4 members (excludes halogenated alkanes) is 2. The molecule has 0 radical (unpaired) electrons. The minimum atomic E-state index is -0.196. The number of aliphatic hydroxyl groups excluding tert-OH is 1. The Morgan fingerprint density at radius 1 is 1.18 bits per heavy atom. The quantitative estimate of drug-likeness (QED) is 0.320. The molecule has 0 saturated heterocycles. The van der Waals surface area contributed by atoms with Crippen molar-refractivity contribution in [1.82, 2.24) is 4.90 Å². The smallest absolute Gasteiger partial charge is 0.222 e. The van der Waals surface area contributed by atoms with Gasteiger partial charge >= 0.3 is 0 Å². The number of rotatable bonds is 10. The van der Waals surface area contributed by atoms with Crippen LogP contribution in [-0.2, 0) is 11.2 Å². The predicted octanol–water partition coefficient (Wildman–Crippen LogP) is 6.63. The topological polar surface area (TPSA) is 40.5 Å². The van der Waals surface area contributed by atoms with E-state index in [9.17, 15) is 9.90 Å². The van der Waals surface area contributed by atoms with Crippen molar-refractivity contribution < 1.29 is 9.90 Å². The van der Waals surface area contributed by atoms with Gasteiger partial charge in [0.15, 0.2) is 0 Å². The number of benzene rings is 1. The van der Waals surface area contributed by atoms with E-state index in [2.05, 4.69) is 70.2 Å². The lowest BCUT2D eigenvalue weighted by molar-refractivity contribution is -0.134. The molecule has 1 N–H and O–H groups in total. The Morgan fingerprint density at radius 3 is 2.70 bits per heavy atom. The summed E-state index contributed by atoms with van der Waals surface area (Å²) in [5, 5.41) is 10.6. The van der Waals surface area contributed by atoms with Gasteiger partial charge in [0.25, 0.3) is 0 Å². The van der Waals surface area contributed by atoms with E-state index in [-0.39, 0.29) is 17.6 Å². The maximum absolute atomic E-state index is 12.3. The Hall–Kier alpha value is -1.87. The van der Waals surface area contributed by atoms with Gasteiger partial charge in [-0.3, -0.25) is 4.79 Å². The fourth-order valence-electron chi connectivity index (χ4n) is 5.51. The van der Waals surface area contributed by atoms with Crippen molar-refractivity contribution in [1.29, 1.82) is 0 Å². The number of hydrogen-bond acceptors (Lipinski definition) is 2. The number of carbonyl (C=O) groups excluding carboxylic acids is 1. The van der Waals surface area contributed by atoms with Gasteiger partial charge < -0.3 is 10.0 Å². The van der Waals surface area contributed by atoms with Crippen LogP contribution in [0.25, 0.3) is 0 Å². The molecule has 1 aromatic carbocycles. The highest BCUT2D eigenvalue weighted by Crippen LogP contribution is 2.48. The molecule has 1 saturated carbocycles. The number of carbonyl (C=O) groups is 1. The van der Waals surface area contributed by atoms with Crippen LogP contribution >= 0.6 is 0 Å². The highest BCUT2D eigenvalue weighted by molar-refractivity contribution is 5.76. The van der Waals surface area contributed by atoms with Gasteiger partial charge in [0.1, 0.15) is 0 Å². The third-order valence-corrected chi connectivity index (χ3v) is 7.76. The summed E-state index contributed by atoms with van der Waals surface area (Å²) in [6.07, 6.45) is 16.1. The van der Waals surface area contributed by atoms with Gasteiger partial charge in [-0.1, -0.05) is 60.1 Å². The summed E-state index contributed by atoms with van der Waals surface area (Å²) in [6, 6.07) is 8.74. The second-order valence-corrected chi connectivity index (χ2v) is 11.4. The molecule has 4 atom stereocenters. The molecule has 2 aliphatic carbocycles. The lowest BCUT2D eigenvalue weighted by Crippen LogP contribution is -2.42. The molecular weight excluding hydrogens is 406 g/mol. The number of fused-ring (bicyclic) bond motifs is 1. The highest BCUT2D eigenvalue weighted by atomic mass is 16.3. The molecule has 0 aliphatic heterocycles. The Labute approximate surface area is 202 Å². The van der Waals surface area contributed by atoms with Gasteiger partial charge in [-0.15, -0.1) is 0 Å². The van der Waals surface area contributed by atoms with Gasteiger partial charge in [0.2, 0.25) is 5.91 Å². The average molecular weight is 452 g/mol. The molecule has 0 unspecified atom stereocenters. The third-order valence-electron chi connectivity index (χ3n) is 7.76.